The second kappa shape index (κ2) is 9.76. The molecule has 1 atom stereocenters. The number of nitrogens with zero attached hydrogens (tertiary/aromatic N) is 2. The molecule has 0 spiro atoms. The van der Waals surface area contributed by atoms with Gasteiger partial charge in [0, 0.05) is 30.3 Å². The van der Waals surface area contributed by atoms with Crippen LogP contribution in [0.4, 0.5) is 11.4 Å². The molecule has 178 valence electrons. The molecule has 3 rings (SSSR count). The van der Waals surface area contributed by atoms with E-state index in [2.05, 4.69) is 4.99 Å². The van der Waals surface area contributed by atoms with Gasteiger partial charge in [0.15, 0.2) is 0 Å². The minimum atomic E-state index is -4.36. The average Bonchev–Trinajstić information content (AvgIpc) is 2.93. The van der Waals surface area contributed by atoms with E-state index in [1.165, 1.54) is 12.1 Å². The fourth-order valence-electron chi connectivity index (χ4n) is 4.10. The first-order chi connectivity index (χ1) is 15.4. The van der Waals surface area contributed by atoms with Gasteiger partial charge in [-0.3, -0.25) is 14.1 Å². The van der Waals surface area contributed by atoms with Gasteiger partial charge < -0.3 is 4.90 Å². The topological polar surface area (TPSA) is 124 Å². The molecule has 10 heteroatoms. The molecule has 0 saturated carbocycles. The van der Waals surface area contributed by atoms with Crippen molar-refractivity contribution in [2.24, 2.45) is 4.99 Å². The Bertz CT molecular complexity index is 1250. The predicted octanol–water partition coefficient (Wildman–Crippen LogP) is 4.03. The van der Waals surface area contributed by atoms with Crippen molar-refractivity contribution < 1.29 is 25.9 Å². The van der Waals surface area contributed by atoms with Crippen LogP contribution in [0.3, 0.4) is 0 Å². The Balaban J connectivity index is 1.87. The molecule has 33 heavy (non-hydrogen) atoms. The van der Waals surface area contributed by atoms with Gasteiger partial charge in [-0.1, -0.05) is 44.2 Å². The molecule has 0 amide bonds. The maximum absolute atomic E-state index is 11.7. The first-order valence-electron chi connectivity index (χ1n) is 10.5. The van der Waals surface area contributed by atoms with E-state index in [0.29, 0.717) is 13.0 Å². The number of hydrogen-bond donors (Lipinski definition) is 2. The van der Waals surface area contributed by atoms with E-state index < -0.39 is 25.7 Å². The first kappa shape index (κ1) is 25.1. The lowest BCUT2D eigenvalue weighted by molar-refractivity contribution is 0.466. The van der Waals surface area contributed by atoms with Crippen LogP contribution in [-0.4, -0.2) is 50.5 Å². The minimum Gasteiger partial charge on any atom is -0.364 e. The Hall–Kier alpha value is -2.53. The molecule has 1 aliphatic rings. The lowest BCUT2D eigenvalue weighted by atomic mass is 9.80. The average molecular weight is 493 g/mol. The van der Waals surface area contributed by atoms with Gasteiger partial charge in [0.2, 0.25) is 0 Å². The van der Waals surface area contributed by atoms with E-state index in [0.717, 1.165) is 16.9 Å². The third-order valence-corrected chi connectivity index (χ3v) is 7.36. The molecule has 0 saturated heterocycles. The Morgan fingerprint density at radius 1 is 1.06 bits per heavy atom. The van der Waals surface area contributed by atoms with Crippen LogP contribution in [0, 0.1) is 0 Å². The van der Waals surface area contributed by atoms with Crippen LogP contribution in [0.1, 0.15) is 32.3 Å². The third kappa shape index (κ3) is 6.29. The third-order valence-electron chi connectivity index (χ3n) is 5.70. The van der Waals surface area contributed by atoms with Crippen molar-refractivity contribution in [2.45, 2.75) is 43.0 Å². The van der Waals surface area contributed by atoms with Crippen LogP contribution in [0.25, 0.3) is 0 Å². The predicted molar refractivity (Wildman–Crippen MR) is 130 cm³/mol. The smallest absolute Gasteiger partial charge is 0.294 e. The highest BCUT2D eigenvalue weighted by Crippen LogP contribution is 2.46. The fraction of sp³-hybridized carbons (Fsp3) is 0.348. The minimum absolute atomic E-state index is 0.188. The lowest BCUT2D eigenvalue weighted by Gasteiger charge is -2.32. The highest BCUT2D eigenvalue weighted by atomic mass is 32.2. The highest BCUT2D eigenvalue weighted by molar-refractivity contribution is 7.86. The van der Waals surface area contributed by atoms with Gasteiger partial charge in [-0.25, -0.2) is 0 Å². The SMILES string of the molecule is CC1(C)c2cc(S(=O)(=O)O)ccc2N(CCCS(=O)(=O)O)C1C=CCC=Nc1ccccc1. The molecule has 8 nitrogen and oxygen atoms in total. The summed E-state index contributed by atoms with van der Waals surface area (Å²) in [7, 11) is -8.45. The maximum atomic E-state index is 11.7. The standard InChI is InChI=1S/C23H28N2O6S2/c1-23(2)20-17-19(33(29,30)31)12-13-21(20)25(15-8-16-32(26,27)28)22(23)11-6-7-14-24-18-9-4-3-5-10-18/h3-6,9-14,17,22H,7-8,15-16H2,1-2H3,(H,26,27,28)(H,29,30,31). The normalized spacial score (nSPS) is 18.3. The van der Waals surface area contributed by atoms with Crippen LogP contribution < -0.4 is 4.90 Å². The van der Waals surface area contributed by atoms with Gasteiger partial charge >= 0.3 is 0 Å². The zero-order valence-corrected chi connectivity index (χ0v) is 20.1. The van der Waals surface area contributed by atoms with Crippen molar-refractivity contribution in [1.82, 2.24) is 0 Å². The number of aliphatic imine (C=N–C) groups is 1. The van der Waals surface area contributed by atoms with Crippen LogP contribution in [0.5, 0.6) is 0 Å². The molecular weight excluding hydrogens is 464 g/mol. The van der Waals surface area contributed by atoms with Gasteiger partial charge in [0.1, 0.15) is 0 Å². The molecule has 0 aromatic heterocycles. The van der Waals surface area contributed by atoms with Gasteiger partial charge in [-0.2, -0.15) is 16.8 Å². The van der Waals surface area contributed by atoms with Crippen LogP contribution in [0.2, 0.25) is 0 Å². The Kier molecular flexibility index (Phi) is 7.42. The summed E-state index contributed by atoms with van der Waals surface area (Å²) in [6.07, 6.45) is 6.53. The monoisotopic (exact) mass is 492 g/mol. The molecule has 2 aromatic rings. The Morgan fingerprint density at radius 3 is 2.39 bits per heavy atom. The summed E-state index contributed by atoms with van der Waals surface area (Å²) in [6.45, 7) is 4.28. The Morgan fingerprint density at radius 2 is 1.76 bits per heavy atom. The second-order valence-electron chi connectivity index (χ2n) is 8.46. The van der Waals surface area contributed by atoms with Crippen molar-refractivity contribution in [2.75, 3.05) is 17.2 Å². The summed E-state index contributed by atoms with van der Waals surface area (Å²) < 4.78 is 64.3. The number of rotatable bonds is 9. The molecule has 2 aromatic carbocycles. The van der Waals surface area contributed by atoms with E-state index in [-0.39, 0.29) is 23.1 Å². The number of para-hydroxylation sites is 1. The molecule has 1 aliphatic heterocycles. The van der Waals surface area contributed by atoms with Crippen molar-refractivity contribution in [3.05, 3.63) is 66.2 Å². The van der Waals surface area contributed by atoms with Crippen LogP contribution in [-0.2, 0) is 25.7 Å². The van der Waals surface area contributed by atoms with E-state index in [1.54, 1.807) is 12.3 Å². The van der Waals surface area contributed by atoms with Gasteiger partial charge in [0.25, 0.3) is 20.2 Å². The molecule has 0 radical (unpaired) electrons. The van der Waals surface area contributed by atoms with E-state index in [9.17, 15) is 21.4 Å². The maximum Gasteiger partial charge on any atom is 0.294 e. The first-order valence-corrected chi connectivity index (χ1v) is 13.5. The molecule has 2 N–H and O–H groups in total. The number of anilines is 1. The molecule has 1 unspecified atom stereocenters. The fourth-order valence-corrected chi connectivity index (χ4v) is 5.10. The van der Waals surface area contributed by atoms with Gasteiger partial charge in [0.05, 0.1) is 22.4 Å². The summed E-state index contributed by atoms with van der Waals surface area (Å²) in [6, 6.07) is 13.8. The van der Waals surface area contributed by atoms with Crippen molar-refractivity contribution in [3.8, 4) is 0 Å². The quantitative estimate of drug-likeness (QED) is 0.308. The van der Waals surface area contributed by atoms with Gasteiger partial charge in [-0.15, -0.1) is 0 Å². The van der Waals surface area contributed by atoms with Crippen LogP contribution in [0.15, 0.2) is 70.6 Å². The van der Waals surface area contributed by atoms with E-state index in [1.807, 2.05) is 61.2 Å². The Labute approximate surface area is 195 Å². The zero-order valence-electron chi connectivity index (χ0n) is 18.5. The summed E-state index contributed by atoms with van der Waals surface area (Å²) in [5.41, 5.74) is 1.82. The number of allylic oxidation sites excluding steroid dienone is 1. The number of benzene rings is 2. The molecule has 0 bridgehead atoms. The number of fused-ring (bicyclic) bond motifs is 1. The molecule has 0 fully saturated rings. The second-order valence-corrected chi connectivity index (χ2v) is 11.5. The summed E-state index contributed by atoms with van der Waals surface area (Å²) in [5.74, 6) is -0.372. The highest BCUT2D eigenvalue weighted by Gasteiger charge is 2.43. The largest absolute Gasteiger partial charge is 0.364 e. The van der Waals surface area contributed by atoms with Gasteiger partial charge in [-0.05, 0) is 42.3 Å². The number of hydrogen-bond acceptors (Lipinski definition) is 6. The van der Waals surface area contributed by atoms with Crippen LogP contribution >= 0.6 is 0 Å². The van der Waals surface area contributed by atoms with Crippen molar-refractivity contribution in [1.29, 1.82) is 0 Å². The summed E-state index contributed by atoms with van der Waals surface area (Å²) in [4.78, 5) is 6.21. The van der Waals surface area contributed by atoms with E-state index in [4.69, 9.17) is 4.55 Å². The molecule has 1 heterocycles. The molecule has 0 aliphatic carbocycles. The summed E-state index contributed by atoms with van der Waals surface area (Å²) >= 11 is 0. The molecular formula is C23H28N2O6S2. The van der Waals surface area contributed by atoms with Crippen molar-refractivity contribution in [3.63, 3.8) is 0 Å². The summed E-state index contributed by atoms with van der Waals surface area (Å²) in [5, 5.41) is 0. The van der Waals surface area contributed by atoms with E-state index >= 15 is 0 Å². The lowest BCUT2D eigenvalue weighted by Crippen LogP contribution is -2.40. The zero-order chi connectivity index (χ0) is 24.3. The van der Waals surface area contributed by atoms with Crippen molar-refractivity contribution >= 4 is 37.8 Å².